The van der Waals surface area contributed by atoms with Crippen LogP contribution in [0, 0.1) is 6.92 Å². The number of aromatic nitrogens is 3. The normalized spacial score (nSPS) is 16.0. The second-order valence-electron chi connectivity index (χ2n) is 7.40. The fourth-order valence-corrected chi connectivity index (χ4v) is 4.00. The molecule has 0 spiro atoms. The molecule has 3 aromatic heterocycles. The van der Waals surface area contributed by atoms with E-state index in [0.29, 0.717) is 11.1 Å². The van der Waals surface area contributed by atoms with Gasteiger partial charge in [-0.15, -0.1) is 0 Å². The standard InChI is InChI=1S/C21H23N5O2/c1-14-4-2-10-26-17(13-25-9-3-7-22-8-11-25)19(24-20(14)26)15-5-6-16-18(12-15)28-21(27)23-16/h2,4-6,10,12,22H,3,7-9,11,13H2,1H3,(H,23,27). The minimum atomic E-state index is -0.435. The van der Waals surface area contributed by atoms with Crippen molar-refractivity contribution in [2.24, 2.45) is 0 Å². The van der Waals surface area contributed by atoms with Crippen LogP contribution in [0.2, 0.25) is 0 Å². The van der Waals surface area contributed by atoms with Gasteiger partial charge in [0.1, 0.15) is 5.65 Å². The molecule has 1 aliphatic heterocycles. The van der Waals surface area contributed by atoms with Crippen LogP contribution in [0.25, 0.3) is 28.0 Å². The topological polar surface area (TPSA) is 78.6 Å². The van der Waals surface area contributed by atoms with Gasteiger partial charge in [-0.25, -0.2) is 9.78 Å². The zero-order valence-corrected chi connectivity index (χ0v) is 15.9. The Bertz CT molecular complexity index is 1190. The number of pyridine rings is 1. The van der Waals surface area contributed by atoms with Crippen LogP contribution in [0.5, 0.6) is 0 Å². The Morgan fingerprint density at radius 2 is 2.14 bits per heavy atom. The molecule has 144 valence electrons. The molecule has 0 unspecified atom stereocenters. The second kappa shape index (κ2) is 6.92. The number of nitrogens with one attached hydrogen (secondary N) is 2. The Morgan fingerprint density at radius 1 is 1.21 bits per heavy atom. The predicted molar refractivity (Wildman–Crippen MR) is 109 cm³/mol. The van der Waals surface area contributed by atoms with E-state index in [0.717, 1.165) is 67.3 Å². The highest BCUT2D eigenvalue weighted by Crippen LogP contribution is 2.29. The summed E-state index contributed by atoms with van der Waals surface area (Å²) in [7, 11) is 0. The summed E-state index contributed by atoms with van der Waals surface area (Å²) in [4.78, 5) is 21.7. The predicted octanol–water partition coefficient (Wildman–Crippen LogP) is 2.54. The summed E-state index contributed by atoms with van der Waals surface area (Å²) in [5, 5.41) is 3.46. The monoisotopic (exact) mass is 377 g/mol. The third kappa shape index (κ3) is 3.02. The van der Waals surface area contributed by atoms with Crippen molar-refractivity contribution >= 4 is 16.7 Å². The summed E-state index contributed by atoms with van der Waals surface area (Å²) in [6.07, 6.45) is 3.23. The molecule has 7 heteroatoms. The molecule has 0 amide bonds. The van der Waals surface area contributed by atoms with Crippen molar-refractivity contribution in [2.45, 2.75) is 19.9 Å². The number of imidazole rings is 1. The maximum Gasteiger partial charge on any atom is 0.417 e. The van der Waals surface area contributed by atoms with E-state index in [-0.39, 0.29) is 0 Å². The minimum Gasteiger partial charge on any atom is -0.408 e. The van der Waals surface area contributed by atoms with Crippen molar-refractivity contribution < 1.29 is 4.42 Å². The lowest BCUT2D eigenvalue weighted by Crippen LogP contribution is -2.28. The van der Waals surface area contributed by atoms with Gasteiger partial charge < -0.3 is 14.1 Å². The molecule has 0 radical (unpaired) electrons. The number of aromatic amines is 1. The first kappa shape index (κ1) is 17.2. The van der Waals surface area contributed by atoms with E-state index in [9.17, 15) is 4.79 Å². The maximum atomic E-state index is 11.5. The zero-order valence-electron chi connectivity index (χ0n) is 15.9. The Hall–Kier alpha value is -2.90. The van der Waals surface area contributed by atoms with Crippen LogP contribution >= 0.6 is 0 Å². The molecule has 1 saturated heterocycles. The van der Waals surface area contributed by atoms with Crippen molar-refractivity contribution in [2.75, 3.05) is 26.2 Å². The van der Waals surface area contributed by atoms with Gasteiger partial charge in [-0.3, -0.25) is 9.88 Å². The molecule has 0 saturated carbocycles. The van der Waals surface area contributed by atoms with Crippen molar-refractivity contribution in [1.29, 1.82) is 0 Å². The number of nitrogens with zero attached hydrogens (tertiary/aromatic N) is 3. The smallest absolute Gasteiger partial charge is 0.408 e. The quantitative estimate of drug-likeness (QED) is 0.574. The highest BCUT2D eigenvalue weighted by Gasteiger charge is 2.19. The Morgan fingerprint density at radius 3 is 3.07 bits per heavy atom. The second-order valence-corrected chi connectivity index (χ2v) is 7.40. The molecule has 1 aromatic carbocycles. The molecule has 28 heavy (non-hydrogen) atoms. The van der Waals surface area contributed by atoms with Crippen molar-refractivity contribution in [3.8, 4) is 11.3 Å². The maximum absolute atomic E-state index is 11.5. The van der Waals surface area contributed by atoms with E-state index < -0.39 is 5.76 Å². The molecule has 5 rings (SSSR count). The summed E-state index contributed by atoms with van der Waals surface area (Å²) < 4.78 is 7.46. The third-order valence-electron chi connectivity index (χ3n) is 5.44. The Labute approximate surface area is 162 Å². The van der Waals surface area contributed by atoms with Crippen molar-refractivity contribution in [1.82, 2.24) is 24.6 Å². The summed E-state index contributed by atoms with van der Waals surface area (Å²) in [5.41, 5.74) is 6.43. The van der Waals surface area contributed by atoms with Crippen LogP contribution in [0.1, 0.15) is 17.7 Å². The van der Waals surface area contributed by atoms with Gasteiger partial charge in [0, 0.05) is 31.4 Å². The first-order chi connectivity index (χ1) is 13.7. The van der Waals surface area contributed by atoms with Crippen LogP contribution in [0.4, 0.5) is 0 Å². The summed E-state index contributed by atoms with van der Waals surface area (Å²) >= 11 is 0. The molecule has 0 atom stereocenters. The fourth-order valence-electron chi connectivity index (χ4n) is 4.00. The number of H-pyrrole nitrogens is 1. The van der Waals surface area contributed by atoms with Crippen LogP contribution in [0.15, 0.2) is 45.7 Å². The average Bonchev–Trinajstić information content (AvgIpc) is 3.12. The van der Waals surface area contributed by atoms with Gasteiger partial charge in [0.25, 0.3) is 0 Å². The first-order valence-corrected chi connectivity index (χ1v) is 9.72. The number of aryl methyl sites for hydroxylation is 1. The number of rotatable bonds is 3. The molecule has 0 aliphatic carbocycles. The number of hydrogen-bond donors (Lipinski definition) is 2. The summed E-state index contributed by atoms with van der Waals surface area (Å²) in [6, 6.07) is 9.93. The van der Waals surface area contributed by atoms with Gasteiger partial charge in [-0.2, -0.15) is 0 Å². The Kier molecular flexibility index (Phi) is 4.26. The number of fused-ring (bicyclic) bond motifs is 2. The van der Waals surface area contributed by atoms with Gasteiger partial charge in [-0.1, -0.05) is 12.1 Å². The Balaban J connectivity index is 1.65. The van der Waals surface area contributed by atoms with Crippen LogP contribution in [0.3, 0.4) is 0 Å². The zero-order chi connectivity index (χ0) is 19.1. The van der Waals surface area contributed by atoms with E-state index in [4.69, 9.17) is 9.40 Å². The van der Waals surface area contributed by atoms with Gasteiger partial charge >= 0.3 is 5.76 Å². The molecule has 4 aromatic rings. The number of benzene rings is 1. The highest BCUT2D eigenvalue weighted by atomic mass is 16.4. The number of oxazole rings is 1. The lowest BCUT2D eigenvalue weighted by Gasteiger charge is -2.20. The van der Waals surface area contributed by atoms with Gasteiger partial charge in [0.2, 0.25) is 0 Å². The summed E-state index contributed by atoms with van der Waals surface area (Å²) in [5.74, 6) is -0.435. The first-order valence-electron chi connectivity index (χ1n) is 9.72. The molecular weight excluding hydrogens is 354 g/mol. The van der Waals surface area contributed by atoms with Crippen LogP contribution < -0.4 is 11.1 Å². The van der Waals surface area contributed by atoms with Crippen molar-refractivity contribution in [3.05, 3.63) is 58.3 Å². The van der Waals surface area contributed by atoms with E-state index in [1.54, 1.807) is 0 Å². The number of hydrogen-bond acceptors (Lipinski definition) is 5. The molecule has 4 heterocycles. The van der Waals surface area contributed by atoms with Crippen molar-refractivity contribution in [3.63, 3.8) is 0 Å². The van der Waals surface area contributed by atoms with Crippen LogP contribution in [-0.4, -0.2) is 45.4 Å². The van der Waals surface area contributed by atoms with Gasteiger partial charge in [0.05, 0.1) is 16.9 Å². The fraction of sp³-hybridized carbons (Fsp3) is 0.333. The largest absolute Gasteiger partial charge is 0.417 e. The SMILES string of the molecule is Cc1cccn2c(CN3CCCNCC3)c(-c3ccc4[nH]c(=O)oc4c3)nc12. The molecule has 1 fully saturated rings. The minimum absolute atomic E-state index is 0.435. The van der Waals surface area contributed by atoms with Gasteiger partial charge in [-0.05, 0) is 50.2 Å². The summed E-state index contributed by atoms with van der Waals surface area (Å²) in [6.45, 7) is 7.07. The molecular formula is C21H23N5O2. The molecule has 7 nitrogen and oxygen atoms in total. The average molecular weight is 377 g/mol. The van der Waals surface area contributed by atoms with E-state index in [1.807, 2.05) is 18.2 Å². The van der Waals surface area contributed by atoms with Crippen LogP contribution in [-0.2, 0) is 6.54 Å². The van der Waals surface area contributed by atoms with Gasteiger partial charge in [0.15, 0.2) is 5.58 Å². The lowest BCUT2D eigenvalue weighted by molar-refractivity contribution is 0.281. The van der Waals surface area contributed by atoms with E-state index in [1.165, 1.54) is 0 Å². The highest BCUT2D eigenvalue weighted by molar-refractivity contribution is 5.80. The van der Waals surface area contributed by atoms with E-state index in [2.05, 4.69) is 44.9 Å². The molecule has 1 aliphatic rings. The van der Waals surface area contributed by atoms with E-state index >= 15 is 0 Å². The molecule has 0 bridgehead atoms. The third-order valence-corrected chi connectivity index (χ3v) is 5.44. The molecule has 2 N–H and O–H groups in total. The lowest BCUT2D eigenvalue weighted by atomic mass is 10.1.